The summed E-state index contributed by atoms with van der Waals surface area (Å²) in [5, 5.41) is 77.7. The molecule has 0 amide bonds. The number of hydrogen-bond donors (Lipinski definition) is 9. The summed E-state index contributed by atoms with van der Waals surface area (Å²) in [5.74, 6) is -2.30. The third-order valence-corrected chi connectivity index (χ3v) is 8.95. The zero-order valence-electron chi connectivity index (χ0n) is 27.7. The Morgan fingerprint density at radius 1 is 0.920 bits per heavy atom. The van der Waals surface area contributed by atoms with Gasteiger partial charge in [0.25, 0.3) is 0 Å². The smallest absolute Gasteiger partial charge is 0.336 e. The van der Waals surface area contributed by atoms with Crippen LogP contribution in [-0.2, 0) is 38.0 Å². The molecule has 3 aliphatic rings. The molecule has 0 saturated carbocycles. The number of benzene rings is 1. The first-order valence-corrected chi connectivity index (χ1v) is 16.4. The molecule has 11 atom stereocenters. The molecule has 4 rings (SSSR count). The lowest BCUT2D eigenvalue weighted by molar-refractivity contribution is -0.343. The molecule has 0 aromatic heterocycles. The van der Waals surface area contributed by atoms with E-state index in [-0.39, 0.29) is 37.5 Å². The van der Waals surface area contributed by atoms with Crippen LogP contribution >= 0.6 is 11.6 Å². The Bertz CT molecular complexity index is 1390. The molecule has 2 fully saturated rings. The van der Waals surface area contributed by atoms with Gasteiger partial charge >= 0.3 is 11.9 Å². The number of nitrogens with one attached hydrogen (secondary N) is 2. The fraction of sp³-hybridized carbons (Fsp3) is 0.625. The van der Waals surface area contributed by atoms with Gasteiger partial charge in [0.05, 0.1) is 62.9 Å². The SMILES string of the molecule is CCOC(=O)C1=C(COCCNC2OC(CO)C(OC3OC(CO)C(O)C(O)C3O)C(O)C2O)NC(C)=C(C(=O)OC)C1c1ccccc1Cl. The minimum atomic E-state index is -1.78. The molecule has 3 aliphatic heterocycles. The number of ether oxygens (including phenoxy) is 6. The first kappa shape index (κ1) is 40.0. The Morgan fingerprint density at radius 3 is 2.26 bits per heavy atom. The van der Waals surface area contributed by atoms with Crippen LogP contribution in [0.2, 0.25) is 5.02 Å². The predicted octanol–water partition coefficient (Wildman–Crippen LogP) is -2.48. The Balaban J connectivity index is 1.42. The fourth-order valence-corrected chi connectivity index (χ4v) is 6.31. The first-order valence-electron chi connectivity index (χ1n) is 16.0. The molecule has 280 valence electrons. The van der Waals surface area contributed by atoms with E-state index < -0.39 is 92.4 Å². The van der Waals surface area contributed by atoms with Crippen molar-refractivity contribution in [2.24, 2.45) is 0 Å². The Morgan fingerprint density at radius 2 is 1.62 bits per heavy atom. The van der Waals surface area contributed by atoms with Crippen molar-refractivity contribution in [2.45, 2.75) is 81.1 Å². The van der Waals surface area contributed by atoms with Gasteiger partial charge in [-0.1, -0.05) is 29.8 Å². The van der Waals surface area contributed by atoms with Gasteiger partial charge in [0.1, 0.15) is 55.1 Å². The van der Waals surface area contributed by atoms with Crippen molar-refractivity contribution >= 4 is 23.5 Å². The zero-order chi connectivity index (χ0) is 36.7. The van der Waals surface area contributed by atoms with E-state index in [1.165, 1.54) is 7.11 Å². The minimum absolute atomic E-state index is 0.0120. The molecule has 18 heteroatoms. The molecule has 50 heavy (non-hydrogen) atoms. The number of hydrogen-bond acceptors (Lipinski definition) is 17. The summed E-state index contributed by atoms with van der Waals surface area (Å²) < 4.78 is 32.9. The summed E-state index contributed by atoms with van der Waals surface area (Å²) in [4.78, 5) is 26.3. The van der Waals surface area contributed by atoms with Gasteiger partial charge in [-0.25, -0.2) is 9.59 Å². The van der Waals surface area contributed by atoms with Gasteiger partial charge < -0.3 is 69.5 Å². The van der Waals surface area contributed by atoms with Crippen LogP contribution in [0.15, 0.2) is 46.8 Å². The molecule has 1 aromatic rings. The average molecular weight is 733 g/mol. The van der Waals surface area contributed by atoms with Crippen molar-refractivity contribution < 1.29 is 73.8 Å². The van der Waals surface area contributed by atoms with Gasteiger partial charge in [-0.2, -0.15) is 0 Å². The van der Waals surface area contributed by atoms with E-state index in [1.54, 1.807) is 38.1 Å². The van der Waals surface area contributed by atoms with Crippen molar-refractivity contribution in [2.75, 3.05) is 46.7 Å². The van der Waals surface area contributed by atoms with E-state index in [0.717, 1.165) is 0 Å². The lowest BCUT2D eigenvalue weighted by Gasteiger charge is -2.46. The summed E-state index contributed by atoms with van der Waals surface area (Å²) in [6.45, 7) is 1.85. The number of aliphatic hydroxyl groups is 7. The highest BCUT2D eigenvalue weighted by Gasteiger charge is 2.50. The highest BCUT2D eigenvalue weighted by Crippen LogP contribution is 2.42. The van der Waals surface area contributed by atoms with Gasteiger partial charge in [0, 0.05) is 17.3 Å². The molecule has 11 unspecified atom stereocenters. The average Bonchev–Trinajstić information content (AvgIpc) is 3.10. The lowest BCUT2D eigenvalue weighted by Crippen LogP contribution is -2.66. The van der Waals surface area contributed by atoms with E-state index in [2.05, 4.69) is 10.6 Å². The Kier molecular flexibility index (Phi) is 14.5. The fourth-order valence-electron chi connectivity index (χ4n) is 6.07. The first-order chi connectivity index (χ1) is 23.9. The summed E-state index contributed by atoms with van der Waals surface area (Å²) >= 11 is 6.53. The maximum atomic E-state index is 13.4. The second-order valence-corrected chi connectivity index (χ2v) is 12.2. The van der Waals surface area contributed by atoms with Crippen molar-refractivity contribution in [3.05, 3.63) is 57.4 Å². The largest absolute Gasteiger partial charge is 0.466 e. The summed E-state index contributed by atoms with van der Waals surface area (Å²) in [6.07, 6.45) is -15.3. The molecule has 0 radical (unpaired) electrons. The number of esters is 2. The van der Waals surface area contributed by atoms with E-state index in [0.29, 0.717) is 22.0 Å². The predicted molar refractivity (Wildman–Crippen MR) is 171 cm³/mol. The third kappa shape index (κ3) is 8.64. The standard InChI is InChI=1S/C32H45ClN2O15/c1-4-47-31(44)22-17(35-14(2)20(30(43)45-3)21(22)15-7-5-6-8-16(15)33)13-46-10-9-34-29-26(41)25(40)28(19(12-37)48-29)50-32-27(42)24(39)23(38)18(11-36)49-32/h5-8,18-19,21,23-29,32,34-42H,4,9-13H2,1-3H3. The number of allylic oxidation sites excluding steroid dienone is 1. The van der Waals surface area contributed by atoms with Crippen molar-refractivity contribution in [1.82, 2.24) is 10.6 Å². The summed E-state index contributed by atoms with van der Waals surface area (Å²) in [7, 11) is 1.23. The molecule has 0 spiro atoms. The molecule has 2 saturated heterocycles. The molecule has 0 aliphatic carbocycles. The zero-order valence-corrected chi connectivity index (χ0v) is 28.4. The Labute approximate surface area is 292 Å². The normalized spacial score (nSPS) is 33.2. The number of carbonyl (C=O) groups excluding carboxylic acids is 2. The van der Waals surface area contributed by atoms with Crippen LogP contribution in [0, 0.1) is 0 Å². The quantitative estimate of drug-likeness (QED) is 0.0709. The van der Waals surface area contributed by atoms with Gasteiger partial charge in [-0.3, -0.25) is 5.32 Å². The van der Waals surface area contributed by atoms with Gasteiger partial charge in [-0.15, -0.1) is 0 Å². The highest BCUT2D eigenvalue weighted by atomic mass is 35.5. The number of dihydropyridines is 1. The van der Waals surface area contributed by atoms with Crippen LogP contribution in [0.25, 0.3) is 0 Å². The van der Waals surface area contributed by atoms with E-state index in [4.69, 9.17) is 40.0 Å². The molecular weight excluding hydrogens is 688 g/mol. The van der Waals surface area contributed by atoms with Crippen LogP contribution in [-0.4, -0.2) is 156 Å². The summed E-state index contributed by atoms with van der Waals surface area (Å²) in [6, 6.07) is 6.77. The number of halogens is 1. The highest BCUT2D eigenvalue weighted by molar-refractivity contribution is 6.31. The number of aliphatic hydroxyl groups excluding tert-OH is 7. The van der Waals surface area contributed by atoms with Crippen LogP contribution in [0.1, 0.15) is 25.3 Å². The second-order valence-electron chi connectivity index (χ2n) is 11.8. The number of methoxy groups -OCH3 is 1. The maximum Gasteiger partial charge on any atom is 0.336 e. The summed E-state index contributed by atoms with van der Waals surface area (Å²) in [5.41, 5.74) is 1.48. The van der Waals surface area contributed by atoms with E-state index in [9.17, 15) is 45.3 Å². The van der Waals surface area contributed by atoms with Crippen molar-refractivity contribution in [3.63, 3.8) is 0 Å². The monoisotopic (exact) mass is 732 g/mol. The molecule has 3 heterocycles. The van der Waals surface area contributed by atoms with E-state index >= 15 is 0 Å². The minimum Gasteiger partial charge on any atom is -0.466 e. The number of carbonyl (C=O) groups is 2. The molecule has 0 bridgehead atoms. The third-order valence-electron chi connectivity index (χ3n) is 8.60. The number of rotatable bonds is 14. The van der Waals surface area contributed by atoms with Crippen LogP contribution < -0.4 is 10.6 Å². The van der Waals surface area contributed by atoms with Gasteiger partial charge in [-0.05, 0) is 25.5 Å². The maximum absolute atomic E-state index is 13.4. The van der Waals surface area contributed by atoms with Crippen LogP contribution in [0.4, 0.5) is 0 Å². The molecule has 9 N–H and O–H groups in total. The molecule has 17 nitrogen and oxygen atoms in total. The molecular formula is C32H45ClN2O15. The van der Waals surface area contributed by atoms with Crippen LogP contribution in [0.3, 0.4) is 0 Å². The van der Waals surface area contributed by atoms with E-state index in [1.807, 2.05) is 0 Å². The second kappa shape index (κ2) is 18.1. The topological polar surface area (TPSA) is 255 Å². The lowest BCUT2D eigenvalue weighted by atomic mass is 9.80. The van der Waals surface area contributed by atoms with Gasteiger partial charge in [0.2, 0.25) is 0 Å². The molecule has 1 aromatic carbocycles. The Hall–Kier alpha value is -2.75. The van der Waals surface area contributed by atoms with Crippen molar-refractivity contribution in [3.8, 4) is 0 Å². The van der Waals surface area contributed by atoms with Crippen LogP contribution in [0.5, 0.6) is 0 Å². The van der Waals surface area contributed by atoms with Crippen molar-refractivity contribution in [1.29, 1.82) is 0 Å². The van der Waals surface area contributed by atoms with Gasteiger partial charge in [0.15, 0.2) is 6.29 Å².